The van der Waals surface area contributed by atoms with Crippen LogP contribution < -0.4 is 5.73 Å². The van der Waals surface area contributed by atoms with Crippen LogP contribution in [0.25, 0.3) is 11.5 Å². The van der Waals surface area contributed by atoms with Crippen LogP contribution in [-0.4, -0.2) is 33.6 Å². The molecule has 7 heteroatoms. The van der Waals surface area contributed by atoms with Gasteiger partial charge in [-0.1, -0.05) is 12.1 Å². The minimum Gasteiger partial charge on any atom is -0.379 e. The summed E-state index contributed by atoms with van der Waals surface area (Å²) in [5.41, 5.74) is 7.70. The van der Waals surface area contributed by atoms with Crippen LogP contribution >= 0.6 is 0 Å². The molecule has 2 N–H and O–H groups in total. The fourth-order valence-corrected chi connectivity index (χ4v) is 1.82. The first-order chi connectivity index (χ1) is 9.94. The Kier molecular flexibility index (Phi) is 4.64. The van der Waals surface area contributed by atoms with Gasteiger partial charge in [-0.05, 0) is 33.3 Å². The summed E-state index contributed by atoms with van der Waals surface area (Å²) in [5, 5.41) is 12.0. The van der Waals surface area contributed by atoms with Crippen molar-refractivity contribution in [3.63, 3.8) is 0 Å². The molecule has 2 rings (SSSR count). The Morgan fingerprint density at radius 1 is 1.33 bits per heavy atom. The van der Waals surface area contributed by atoms with Gasteiger partial charge in [-0.3, -0.25) is 0 Å². The molecule has 21 heavy (non-hydrogen) atoms. The molecular formula is C14H21N5O2. The average Bonchev–Trinajstić information content (AvgIpc) is 2.92. The maximum absolute atomic E-state index is 6.20. The van der Waals surface area contributed by atoms with Crippen LogP contribution in [0.15, 0.2) is 10.6 Å². The van der Waals surface area contributed by atoms with Gasteiger partial charge in [-0.2, -0.15) is 15.2 Å². The molecule has 1 unspecified atom stereocenters. The SMILES string of the molecule is CCCOCC(C)(N)c1noc(-c2cc(C)nnc2C)n1. The van der Waals surface area contributed by atoms with E-state index in [0.29, 0.717) is 24.9 Å². The molecule has 0 aliphatic heterocycles. The fourth-order valence-electron chi connectivity index (χ4n) is 1.82. The first kappa shape index (κ1) is 15.5. The highest BCUT2D eigenvalue weighted by atomic mass is 16.5. The zero-order chi connectivity index (χ0) is 15.5. The van der Waals surface area contributed by atoms with Crippen LogP contribution in [0.4, 0.5) is 0 Å². The highest BCUT2D eigenvalue weighted by Gasteiger charge is 2.28. The van der Waals surface area contributed by atoms with Gasteiger partial charge in [0, 0.05) is 6.61 Å². The Balaban J connectivity index is 2.23. The maximum atomic E-state index is 6.20. The standard InChI is InChI=1S/C14H21N5O2/c1-5-6-20-8-14(4,15)13-16-12(21-19-13)11-7-9(2)17-18-10(11)3/h7H,5-6,8,15H2,1-4H3. The lowest BCUT2D eigenvalue weighted by Crippen LogP contribution is -2.39. The predicted molar refractivity (Wildman–Crippen MR) is 77.4 cm³/mol. The first-order valence-electron chi connectivity index (χ1n) is 6.96. The third-order valence-corrected chi connectivity index (χ3v) is 3.02. The van der Waals surface area contributed by atoms with E-state index in [1.54, 1.807) is 0 Å². The lowest BCUT2D eigenvalue weighted by atomic mass is 10.1. The Morgan fingerprint density at radius 3 is 2.81 bits per heavy atom. The topological polar surface area (TPSA) is 100.0 Å². The van der Waals surface area contributed by atoms with E-state index in [2.05, 4.69) is 20.3 Å². The number of aromatic nitrogens is 4. The number of nitrogens with two attached hydrogens (primary N) is 1. The van der Waals surface area contributed by atoms with Gasteiger partial charge in [-0.25, -0.2) is 0 Å². The normalized spacial score (nSPS) is 14.1. The average molecular weight is 291 g/mol. The largest absolute Gasteiger partial charge is 0.379 e. The second kappa shape index (κ2) is 6.28. The number of ether oxygens (including phenoxy) is 1. The Hall–Kier alpha value is -1.86. The van der Waals surface area contributed by atoms with Crippen LogP contribution in [0.3, 0.4) is 0 Å². The Bertz CT molecular complexity index is 609. The fraction of sp³-hybridized carbons (Fsp3) is 0.571. The summed E-state index contributed by atoms with van der Waals surface area (Å²) in [7, 11) is 0. The summed E-state index contributed by atoms with van der Waals surface area (Å²) in [5.74, 6) is 0.815. The molecule has 0 spiro atoms. The molecule has 0 aliphatic carbocycles. The summed E-state index contributed by atoms with van der Waals surface area (Å²) in [6.07, 6.45) is 0.939. The van der Waals surface area contributed by atoms with E-state index in [1.807, 2.05) is 33.8 Å². The second-order valence-electron chi connectivity index (χ2n) is 5.38. The molecule has 7 nitrogen and oxygen atoms in total. The van der Waals surface area contributed by atoms with Crippen molar-refractivity contribution in [2.24, 2.45) is 5.73 Å². The molecule has 0 fully saturated rings. The number of nitrogens with zero attached hydrogens (tertiary/aromatic N) is 4. The minimum absolute atomic E-state index is 0.340. The molecule has 114 valence electrons. The molecule has 0 saturated heterocycles. The lowest BCUT2D eigenvalue weighted by molar-refractivity contribution is 0.0867. The van der Waals surface area contributed by atoms with Crippen LogP contribution in [0.1, 0.15) is 37.5 Å². The molecule has 0 aliphatic rings. The zero-order valence-electron chi connectivity index (χ0n) is 12.9. The summed E-state index contributed by atoms with van der Waals surface area (Å²) < 4.78 is 10.8. The van der Waals surface area contributed by atoms with Crippen LogP contribution in [0.2, 0.25) is 0 Å². The highest BCUT2D eigenvalue weighted by Crippen LogP contribution is 2.23. The maximum Gasteiger partial charge on any atom is 0.259 e. The monoisotopic (exact) mass is 291 g/mol. The van der Waals surface area contributed by atoms with Gasteiger partial charge in [0.15, 0.2) is 5.82 Å². The molecule has 0 bridgehead atoms. The Morgan fingerprint density at radius 2 is 2.10 bits per heavy atom. The van der Waals surface area contributed by atoms with E-state index < -0.39 is 5.54 Å². The number of aryl methyl sites for hydroxylation is 2. The van der Waals surface area contributed by atoms with Crippen molar-refractivity contribution < 1.29 is 9.26 Å². The second-order valence-corrected chi connectivity index (χ2v) is 5.38. The Labute approximate surface area is 123 Å². The third kappa shape index (κ3) is 3.62. The molecule has 2 heterocycles. The van der Waals surface area contributed by atoms with E-state index in [4.69, 9.17) is 15.0 Å². The molecule has 1 atom stereocenters. The van der Waals surface area contributed by atoms with E-state index in [0.717, 1.165) is 23.4 Å². The summed E-state index contributed by atoms with van der Waals surface area (Å²) in [4.78, 5) is 4.38. The first-order valence-corrected chi connectivity index (χ1v) is 6.96. The number of hydrogen-bond acceptors (Lipinski definition) is 7. The third-order valence-electron chi connectivity index (χ3n) is 3.02. The minimum atomic E-state index is -0.791. The number of rotatable bonds is 6. The lowest BCUT2D eigenvalue weighted by Gasteiger charge is -2.19. The van der Waals surface area contributed by atoms with Crippen molar-refractivity contribution in [3.05, 3.63) is 23.3 Å². The summed E-state index contributed by atoms with van der Waals surface area (Å²) >= 11 is 0. The van der Waals surface area contributed by atoms with Crippen molar-refractivity contribution in [1.82, 2.24) is 20.3 Å². The van der Waals surface area contributed by atoms with Crippen molar-refractivity contribution in [3.8, 4) is 11.5 Å². The van der Waals surface area contributed by atoms with Crippen molar-refractivity contribution in [2.75, 3.05) is 13.2 Å². The van der Waals surface area contributed by atoms with E-state index in [1.165, 1.54) is 0 Å². The molecule has 0 radical (unpaired) electrons. The molecule has 2 aromatic rings. The van der Waals surface area contributed by atoms with Gasteiger partial charge < -0.3 is 15.0 Å². The van der Waals surface area contributed by atoms with Crippen molar-refractivity contribution in [2.45, 2.75) is 39.7 Å². The molecule has 0 saturated carbocycles. The molecule has 2 aromatic heterocycles. The van der Waals surface area contributed by atoms with Crippen LogP contribution in [0.5, 0.6) is 0 Å². The smallest absolute Gasteiger partial charge is 0.259 e. The van der Waals surface area contributed by atoms with Gasteiger partial charge in [0.2, 0.25) is 0 Å². The van der Waals surface area contributed by atoms with Gasteiger partial charge in [0.1, 0.15) is 5.54 Å². The van der Waals surface area contributed by atoms with E-state index in [9.17, 15) is 0 Å². The van der Waals surface area contributed by atoms with Gasteiger partial charge in [0.05, 0.1) is 23.6 Å². The molecular weight excluding hydrogens is 270 g/mol. The van der Waals surface area contributed by atoms with Gasteiger partial charge in [0.25, 0.3) is 5.89 Å². The highest BCUT2D eigenvalue weighted by molar-refractivity contribution is 5.55. The van der Waals surface area contributed by atoms with Gasteiger partial charge >= 0.3 is 0 Å². The number of hydrogen-bond donors (Lipinski definition) is 1. The van der Waals surface area contributed by atoms with Gasteiger partial charge in [-0.15, -0.1) is 0 Å². The zero-order valence-corrected chi connectivity index (χ0v) is 12.9. The molecule has 0 amide bonds. The predicted octanol–water partition coefficient (Wildman–Crippen LogP) is 1.74. The van der Waals surface area contributed by atoms with E-state index in [-0.39, 0.29) is 0 Å². The van der Waals surface area contributed by atoms with E-state index >= 15 is 0 Å². The quantitative estimate of drug-likeness (QED) is 0.809. The van der Waals surface area contributed by atoms with Crippen molar-refractivity contribution >= 4 is 0 Å². The summed E-state index contributed by atoms with van der Waals surface area (Å²) in [6.45, 7) is 8.56. The molecule has 0 aromatic carbocycles. The van der Waals surface area contributed by atoms with Crippen molar-refractivity contribution in [1.29, 1.82) is 0 Å². The summed E-state index contributed by atoms with van der Waals surface area (Å²) in [6, 6.07) is 1.86. The van der Waals surface area contributed by atoms with Crippen LogP contribution in [-0.2, 0) is 10.3 Å². The van der Waals surface area contributed by atoms with Crippen LogP contribution in [0, 0.1) is 13.8 Å².